The van der Waals surface area contributed by atoms with Crippen LogP contribution in [0.2, 0.25) is 0 Å². The molecule has 30 heavy (non-hydrogen) atoms. The van der Waals surface area contributed by atoms with Crippen LogP contribution in [0.15, 0.2) is 77.9 Å². The van der Waals surface area contributed by atoms with E-state index in [1.165, 1.54) is 12.1 Å². The van der Waals surface area contributed by atoms with Gasteiger partial charge in [-0.2, -0.15) is 5.10 Å². The van der Waals surface area contributed by atoms with Gasteiger partial charge in [0.1, 0.15) is 22.9 Å². The molecule has 0 unspecified atom stereocenters. The lowest BCUT2D eigenvalue weighted by Gasteiger charge is -2.16. The van der Waals surface area contributed by atoms with Crippen molar-refractivity contribution in [1.29, 1.82) is 0 Å². The average molecular weight is 404 g/mol. The normalized spacial score (nSPS) is 14.6. The number of hydrogen-bond acceptors (Lipinski definition) is 4. The van der Waals surface area contributed by atoms with Crippen LogP contribution in [0.4, 0.5) is 9.18 Å². The fourth-order valence-corrected chi connectivity index (χ4v) is 3.38. The predicted molar refractivity (Wildman–Crippen MR) is 112 cm³/mol. The van der Waals surface area contributed by atoms with E-state index in [-0.39, 0.29) is 11.4 Å². The molecule has 0 radical (unpaired) electrons. The average Bonchev–Trinajstić information content (AvgIpc) is 3.03. The van der Waals surface area contributed by atoms with Gasteiger partial charge in [-0.05, 0) is 74.0 Å². The fourth-order valence-electron chi connectivity index (χ4n) is 3.38. The van der Waals surface area contributed by atoms with Gasteiger partial charge < -0.3 is 9.47 Å². The van der Waals surface area contributed by atoms with Gasteiger partial charge in [0.15, 0.2) is 0 Å². The zero-order valence-electron chi connectivity index (χ0n) is 16.7. The molecule has 5 nitrogen and oxygen atoms in total. The molecule has 0 saturated heterocycles. The van der Waals surface area contributed by atoms with Crippen LogP contribution in [0.25, 0.3) is 0 Å². The molecule has 0 atom stereocenters. The van der Waals surface area contributed by atoms with Crippen molar-refractivity contribution in [3.63, 3.8) is 0 Å². The van der Waals surface area contributed by atoms with E-state index < -0.39 is 6.09 Å². The third kappa shape index (κ3) is 4.49. The first-order chi connectivity index (χ1) is 14.4. The highest BCUT2D eigenvalue weighted by atomic mass is 19.1. The molecule has 0 spiro atoms. The number of carbonyl (C=O) groups is 1. The minimum absolute atomic E-state index is 0.272. The molecule has 1 aliphatic rings. The molecular weight excluding hydrogens is 383 g/mol. The molecule has 0 aromatic heterocycles. The summed E-state index contributed by atoms with van der Waals surface area (Å²) in [5.41, 5.74) is 5.15. The van der Waals surface area contributed by atoms with Gasteiger partial charge in [-0.25, -0.2) is 14.6 Å². The van der Waals surface area contributed by atoms with Gasteiger partial charge in [0.2, 0.25) is 0 Å². The second kappa shape index (κ2) is 7.99. The number of halogens is 1. The third-order valence-electron chi connectivity index (χ3n) is 4.67. The standard InChI is InChI=1S/C24H21FN2O3/c1-24(2)15-18-14-17(10-13-21(18)30-24)22(16-8-11-19(25)12-9-16)26-27-23(28)29-20-6-4-3-5-7-20/h3-14H,15H2,1-2H3,(H,27,28)/b26-22+. The number of para-hydroxylation sites is 1. The summed E-state index contributed by atoms with van der Waals surface area (Å²) >= 11 is 0. The van der Waals surface area contributed by atoms with Crippen molar-refractivity contribution in [2.24, 2.45) is 5.10 Å². The van der Waals surface area contributed by atoms with Gasteiger partial charge >= 0.3 is 6.09 Å². The third-order valence-corrected chi connectivity index (χ3v) is 4.67. The Balaban J connectivity index is 1.63. The Morgan fingerprint density at radius 1 is 1.03 bits per heavy atom. The van der Waals surface area contributed by atoms with Gasteiger partial charge in [0.25, 0.3) is 0 Å². The van der Waals surface area contributed by atoms with Gasteiger partial charge in [-0.3, -0.25) is 0 Å². The second-order valence-corrected chi connectivity index (χ2v) is 7.64. The van der Waals surface area contributed by atoms with Crippen LogP contribution in [0.3, 0.4) is 0 Å². The van der Waals surface area contributed by atoms with E-state index in [0.717, 1.165) is 23.3 Å². The van der Waals surface area contributed by atoms with Crippen LogP contribution >= 0.6 is 0 Å². The molecule has 0 bridgehead atoms. The van der Waals surface area contributed by atoms with Crippen LogP contribution in [0.5, 0.6) is 11.5 Å². The lowest BCUT2D eigenvalue weighted by molar-refractivity contribution is 0.138. The van der Waals surface area contributed by atoms with Crippen LogP contribution in [-0.2, 0) is 6.42 Å². The Bertz CT molecular complexity index is 1090. The molecular formula is C24H21FN2O3. The number of hydrogen-bond donors (Lipinski definition) is 1. The molecule has 0 fully saturated rings. The number of carbonyl (C=O) groups excluding carboxylic acids is 1. The van der Waals surface area contributed by atoms with Crippen LogP contribution < -0.4 is 14.9 Å². The van der Waals surface area contributed by atoms with E-state index in [1.54, 1.807) is 36.4 Å². The van der Waals surface area contributed by atoms with E-state index in [1.807, 2.05) is 38.1 Å². The highest BCUT2D eigenvalue weighted by Crippen LogP contribution is 2.35. The molecule has 4 rings (SSSR count). The van der Waals surface area contributed by atoms with Crippen molar-refractivity contribution >= 4 is 11.8 Å². The SMILES string of the molecule is CC1(C)Cc2cc(/C(=N/NC(=O)Oc3ccccc3)c3ccc(F)cc3)ccc2O1. The Labute approximate surface area is 174 Å². The van der Waals surface area contributed by atoms with E-state index in [4.69, 9.17) is 9.47 Å². The minimum atomic E-state index is -0.716. The molecule has 0 aliphatic carbocycles. The predicted octanol–water partition coefficient (Wildman–Crippen LogP) is 5.08. The van der Waals surface area contributed by atoms with E-state index in [9.17, 15) is 9.18 Å². The zero-order valence-corrected chi connectivity index (χ0v) is 16.7. The first kappa shape index (κ1) is 19.6. The lowest BCUT2D eigenvalue weighted by Crippen LogP contribution is -2.24. The molecule has 152 valence electrons. The van der Waals surface area contributed by atoms with E-state index in [0.29, 0.717) is 17.0 Å². The highest BCUT2D eigenvalue weighted by molar-refractivity contribution is 6.13. The summed E-state index contributed by atoms with van der Waals surface area (Å²) in [6.07, 6.45) is 0.0440. The quantitative estimate of drug-likeness (QED) is 0.487. The monoisotopic (exact) mass is 404 g/mol. The maximum Gasteiger partial charge on any atom is 0.433 e. The molecule has 1 heterocycles. The van der Waals surface area contributed by atoms with Crippen molar-refractivity contribution in [2.45, 2.75) is 25.9 Å². The number of fused-ring (bicyclic) bond motifs is 1. The topological polar surface area (TPSA) is 59.9 Å². The number of amides is 1. The van der Waals surface area contributed by atoms with Gasteiger partial charge in [-0.15, -0.1) is 0 Å². The largest absolute Gasteiger partial charge is 0.487 e. The van der Waals surface area contributed by atoms with Crippen LogP contribution in [0.1, 0.15) is 30.5 Å². The van der Waals surface area contributed by atoms with Gasteiger partial charge in [0, 0.05) is 17.5 Å². The minimum Gasteiger partial charge on any atom is -0.487 e. The molecule has 1 N–H and O–H groups in total. The molecule has 3 aromatic rings. The lowest BCUT2D eigenvalue weighted by atomic mass is 9.96. The number of nitrogens with one attached hydrogen (secondary N) is 1. The summed E-state index contributed by atoms with van der Waals surface area (Å²) in [6.45, 7) is 4.06. The smallest absolute Gasteiger partial charge is 0.433 e. The Morgan fingerprint density at radius 2 is 1.73 bits per heavy atom. The summed E-state index contributed by atoms with van der Waals surface area (Å²) in [7, 11) is 0. The van der Waals surface area contributed by atoms with Gasteiger partial charge in [-0.1, -0.05) is 18.2 Å². The summed E-state index contributed by atoms with van der Waals surface area (Å²) < 4.78 is 24.6. The number of hydrazone groups is 1. The maximum atomic E-state index is 13.4. The Morgan fingerprint density at radius 3 is 2.47 bits per heavy atom. The number of ether oxygens (including phenoxy) is 2. The zero-order chi connectivity index (χ0) is 21.1. The van der Waals surface area contributed by atoms with E-state index >= 15 is 0 Å². The molecule has 1 aliphatic heterocycles. The fraction of sp³-hybridized carbons (Fsp3) is 0.167. The Kier molecular flexibility index (Phi) is 5.23. The number of benzene rings is 3. The van der Waals surface area contributed by atoms with Crippen molar-refractivity contribution in [1.82, 2.24) is 5.43 Å². The number of rotatable bonds is 4. The molecule has 1 amide bonds. The number of nitrogens with zero attached hydrogens (tertiary/aromatic N) is 1. The summed E-state index contributed by atoms with van der Waals surface area (Å²) in [6, 6.07) is 20.4. The van der Waals surface area contributed by atoms with Crippen LogP contribution in [0, 0.1) is 5.82 Å². The molecule has 3 aromatic carbocycles. The van der Waals surface area contributed by atoms with Gasteiger partial charge in [0.05, 0.1) is 5.71 Å². The summed E-state index contributed by atoms with van der Waals surface area (Å²) in [4.78, 5) is 12.2. The maximum absolute atomic E-state index is 13.4. The summed E-state index contributed by atoms with van der Waals surface area (Å²) in [5, 5.41) is 4.28. The van der Waals surface area contributed by atoms with Crippen LogP contribution in [-0.4, -0.2) is 17.4 Å². The van der Waals surface area contributed by atoms with Crippen molar-refractivity contribution < 1.29 is 18.7 Å². The second-order valence-electron chi connectivity index (χ2n) is 7.64. The van der Waals surface area contributed by atoms with Crippen molar-refractivity contribution in [2.75, 3.05) is 0 Å². The van der Waals surface area contributed by atoms with Crippen molar-refractivity contribution in [3.05, 3.63) is 95.3 Å². The first-order valence-corrected chi connectivity index (χ1v) is 9.58. The molecule has 0 saturated carbocycles. The highest BCUT2D eigenvalue weighted by Gasteiger charge is 2.30. The Hall–Kier alpha value is -3.67. The van der Waals surface area contributed by atoms with E-state index in [2.05, 4.69) is 10.5 Å². The first-order valence-electron chi connectivity index (χ1n) is 9.58. The van der Waals surface area contributed by atoms with Crippen molar-refractivity contribution in [3.8, 4) is 11.5 Å². The molecule has 6 heteroatoms. The summed E-state index contributed by atoms with van der Waals surface area (Å²) in [5.74, 6) is 0.891.